The fourth-order valence-electron chi connectivity index (χ4n) is 2.09. The number of H-pyrrole nitrogens is 1. The number of nitrogens with two attached hydrogens (primary N) is 1. The third-order valence-corrected chi connectivity index (χ3v) is 4.34. The molecule has 0 atom stereocenters. The number of ether oxygens (including phenoxy) is 2. The zero-order chi connectivity index (χ0) is 21.0. The van der Waals surface area contributed by atoms with Gasteiger partial charge in [-0.15, -0.1) is 0 Å². The predicted octanol–water partition coefficient (Wildman–Crippen LogP) is 1.53. The molecule has 2 heterocycles. The highest BCUT2D eigenvalue weighted by Crippen LogP contribution is 2.22. The minimum Gasteiger partial charge on any atom is -0.476 e. The molecule has 3 rings (SSSR count). The Hall–Kier alpha value is -3.65. The molecular formula is C15H16N8O5S. The molecule has 0 aliphatic heterocycles. The van der Waals surface area contributed by atoms with E-state index in [1.807, 2.05) is 0 Å². The molecule has 0 saturated carbocycles. The van der Waals surface area contributed by atoms with Crippen LogP contribution in [0.5, 0.6) is 11.6 Å². The Morgan fingerprint density at radius 2 is 2.00 bits per heavy atom. The quantitative estimate of drug-likeness (QED) is 0.445. The van der Waals surface area contributed by atoms with Crippen molar-refractivity contribution in [2.45, 2.75) is 11.8 Å². The molecule has 152 valence electrons. The highest BCUT2D eigenvalue weighted by atomic mass is 32.2. The van der Waals surface area contributed by atoms with E-state index in [4.69, 9.17) is 14.6 Å². The van der Waals surface area contributed by atoms with Crippen molar-refractivity contribution in [1.29, 1.82) is 0 Å². The number of nitrogens with zero attached hydrogens (tertiary/aromatic N) is 6. The SMILES string of the molecule is CCOc1nc(/N=N/N(C)C(=O)Oc2ccc(S(N)(=O)=O)cc2)nc2nc[nH]c12. The Balaban J connectivity index is 1.70. The maximum absolute atomic E-state index is 12.1. The molecule has 0 saturated heterocycles. The standard InChI is InChI=1S/C15H16N8O5S/c1-3-27-13-11-12(18-8-17-11)19-14(20-13)21-22-23(2)15(24)28-9-4-6-10(7-5-9)29(16,25)26/h4-8H,3H2,1-2H3,(H2,16,25,26)(H,17,18,19,20)/b22-21+. The number of carbonyl (C=O) groups excluding carboxylic acids is 1. The van der Waals surface area contributed by atoms with Crippen molar-refractivity contribution in [3.8, 4) is 11.6 Å². The molecule has 0 radical (unpaired) electrons. The van der Waals surface area contributed by atoms with Gasteiger partial charge in [0.2, 0.25) is 15.9 Å². The van der Waals surface area contributed by atoms with E-state index in [-0.39, 0.29) is 22.5 Å². The van der Waals surface area contributed by atoms with Crippen molar-refractivity contribution in [2.75, 3.05) is 13.7 Å². The van der Waals surface area contributed by atoms with E-state index in [1.54, 1.807) is 6.92 Å². The number of benzene rings is 1. The van der Waals surface area contributed by atoms with Crippen LogP contribution in [0.1, 0.15) is 6.92 Å². The van der Waals surface area contributed by atoms with E-state index in [1.165, 1.54) is 37.6 Å². The molecule has 1 amide bonds. The molecule has 29 heavy (non-hydrogen) atoms. The number of amides is 1. The number of aromatic nitrogens is 4. The van der Waals surface area contributed by atoms with E-state index >= 15 is 0 Å². The Bertz CT molecular complexity index is 1160. The zero-order valence-electron chi connectivity index (χ0n) is 15.3. The summed E-state index contributed by atoms with van der Waals surface area (Å²) in [6.45, 7) is 2.17. The average molecular weight is 420 g/mol. The van der Waals surface area contributed by atoms with E-state index in [2.05, 4.69) is 30.3 Å². The molecule has 0 fully saturated rings. The van der Waals surface area contributed by atoms with Crippen LogP contribution in [-0.4, -0.2) is 53.1 Å². The second-order valence-corrected chi connectivity index (χ2v) is 7.02. The van der Waals surface area contributed by atoms with Crippen molar-refractivity contribution >= 4 is 33.2 Å². The van der Waals surface area contributed by atoms with Crippen molar-refractivity contribution in [3.63, 3.8) is 0 Å². The molecular weight excluding hydrogens is 404 g/mol. The molecule has 0 bridgehead atoms. The highest BCUT2D eigenvalue weighted by Gasteiger charge is 2.14. The fraction of sp³-hybridized carbons (Fsp3) is 0.200. The number of fused-ring (bicyclic) bond motifs is 1. The molecule has 3 aromatic rings. The summed E-state index contributed by atoms with van der Waals surface area (Å²) in [5.41, 5.74) is 0.846. The number of rotatable bonds is 6. The zero-order valence-corrected chi connectivity index (χ0v) is 16.1. The van der Waals surface area contributed by atoms with E-state index in [0.29, 0.717) is 17.8 Å². The number of imidazole rings is 1. The first kappa shape index (κ1) is 20.1. The van der Waals surface area contributed by atoms with Crippen molar-refractivity contribution in [3.05, 3.63) is 30.6 Å². The normalized spacial score (nSPS) is 11.7. The monoisotopic (exact) mass is 420 g/mol. The lowest BCUT2D eigenvalue weighted by Gasteiger charge is -2.10. The van der Waals surface area contributed by atoms with Gasteiger partial charge in [0.05, 0.1) is 17.8 Å². The van der Waals surface area contributed by atoms with Gasteiger partial charge in [-0.25, -0.2) is 23.3 Å². The van der Waals surface area contributed by atoms with E-state index in [0.717, 1.165) is 5.01 Å². The smallest absolute Gasteiger partial charge is 0.436 e. The Morgan fingerprint density at radius 3 is 2.66 bits per heavy atom. The number of aromatic amines is 1. The fourth-order valence-corrected chi connectivity index (χ4v) is 2.60. The minimum absolute atomic E-state index is 0.0646. The van der Waals surface area contributed by atoms with Crippen LogP contribution in [-0.2, 0) is 10.0 Å². The summed E-state index contributed by atoms with van der Waals surface area (Å²) in [6, 6.07) is 4.99. The van der Waals surface area contributed by atoms with Crippen molar-refractivity contribution in [2.24, 2.45) is 15.5 Å². The summed E-state index contributed by atoms with van der Waals surface area (Å²) in [4.78, 5) is 27.0. The highest BCUT2D eigenvalue weighted by molar-refractivity contribution is 7.89. The summed E-state index contributed by atoms with van der Waals surface area (Å²) < 4.78 is 32.9. The first-order valence-electron chi connectivity index (χ1n) is 8.12. The summed E-state index contributed by atoms with van der Waals surface area (Å²) >= 11 is 0. The van der Waals surface area contributed by atoms with Gasteiger partial charge < -0.3 is 14.5 Å². The van der Waals surface area contributed by atoms with Crippen LogP contribution < -0.4 is 14.6 Å². The van der Waals surface area contributed by atoms with Crippen LogP contribution in [0.4, 0.5) is 10.7 Å². The summed E-state index contributed by atoms with van der Waals surface area (Å²) in [6.07, 6.45) is 0.566. The molecule has 0 aliphatic rings. The van der Waals surface area contributed by atoms with Gasteiger partial charge in [0.15, 0.2) is 5.65 Å². The van der Waals surface area contributed by atoms with Crippen LogP contribution in [0.3, 0.4) is 0 Å². The molecule has 0 unspecified atom stereocenters. The second kappa shape index (κ2) is 8.15. The van der Waals surface area contributed by atoms with Crippen molar-refractivity contribution in [1.82, 2.24) is 24.9 Å². The number of primary sulfonamides is 1. The van der Waals surface area contributed by atoms with Gasteiger partial charge in [-0.1, -0.05) is 10.3 Å². The third kappa shape index (κ3) is 4.80. The van der Waals surface area contributed by atoms with Gasteiger partial charge in [-0.2, -0.15) is 15.0 Å². The van der Waals surface area contributed by atoms with Crippen LogP contribution >= 0.6 is 0 Å². The van der Waals surface area contributed by atoms with Crippen LogP contribution in [0, 0.1) is 0 Å². The number of nitrogens with one attached hydrogen (secondary N) is 1. The molecule has 1 aromatic carbocycles. The number of carbonyl (C=O) groups is 1. The van der Waals surface area contributed by atoms with E-state index < -0.39 is 16.1 Å². The summed E-state index contributed by atoms with van der Waals surface area (Å²) in [7, 11) is -2.53. The predicted molar refractivity (Wildman–Crippen MR) is 99.0 cm³/mol. The Labute approximate surface area is 164 Å². The molecule has 14 heteroatoms. The first-order chi connectivity index (χ1) is 13.8. The van der Waals surface area contributed by atoms with Gasteiger partial charge in [-0.05, 0) is 31.2 Å². The Morgan fingerprint density at radius 1 is 1.28 bits per heavy atom. The van der Waals surface area contributed by atoms with Crippen LogP contribution in [0.25, 0.3) is 11.2 Å². The van der Waals surface area contributed by atoms with Gasteiger partial charge in [0, 0.05) is 7.05 Å². The lowest BCUT2D eigenvalue weighted by molar-refractivity contribution is 0.161. The van der Waals surface area contributed by atoms with Crippen molar-refractivity contribution < 1.29 is 22.7 Å². The van der Waals surface area contributed by atoms with Gasteiger partial charge >= 0.3 is 6.09 Å². The largest absolute Gasteiger partial charge is 0.476 e. The van der Waals surface area contributed by atoms with Crippen LogP contribution in [0.2, 0.25) is 0 Å². The molecule has 0 spiro atoms. The maximum atomic E-state index is 12.1. The molecule has 0 aliphatic carbocycles. The lowest BCUT2D eigenvalue weighted by Crippen LogP contribution is -2.24. The molecule has 3 N–H and O–H groups in total. The second-order valence-electron chi connectivity index (χ2n) is 5.46. The topological polar surface area (TPSA) is 178 Å². The number of hydrogen-bond donors (Lipinski definition) is 2. The third-order valence-electron chi connectivity index (χ3n) is 3.41. The minimum atomic E-state index is -3.84. The van der Waals surface area contributed by atoms with Gasteiger partial charge in [0.1, 0.15) is 11.3 Å². The first-order valence-corrected chi connectivity index (χ1v) is 9.66. The maximum Gasteiger partial charge on any atom is 0.436 e. The van der Waals surface area contributed by atoms with Gasteiger partial charge in [-0.3, -0.25) is 0 Å². The molecule has 13 nitrogen and oxygen atoms in total. The van der Waals surface area contributed by atoms with Gasteiger partial charge in [0.25, 0.3) is 5.95 Å². The van der Waals surface area contributed by atoms with E-state index in [9.17, 15) is 13.2 Å². The average Bonchev–Trinajstić information content (AvgIpc) is 3.15. The molecule has 2 aromatic heterocycles. The lowest BCUT2D eigenvalue weighted by atomic mass is 10.3. The van der Waals surface area contributed by atoms with Crippen LogP contribution in [0.15, 0.2) is 45.8 Å². The summed E-state index contributed by atoms with van der Waals surface area (Å²) in [5.74, 6) is 0.284. The summed E-state index contributed by atoms with van der Waals surface area (Å²) in [5, 5.41) is 13.3. The number of sulfonamides is 1. The Kier molecular flexibility index (Phi) is 5.65. The number of hydrogen-bond acceptors (Lipinski definition) is 10.